The van der Waals surface area contributed by atoms with Gasteiger partial charge in [0.05, 0.1) is 43.7 Å². The van der Waals surface area contributed by atoms with Crippen LogP contribution >= 0.6 is 7.60 Å². The van der Waals surface area contributed by atoms with Gasteiger partial charge in [-0.25, -0.2) is 4.79 Å². The number of amides is 1. The molecule has 252 valence electrons. The first-order valence-electron chi connectivity index (χ1n) is 15.9. The van der Waals surface area contributed by atoms with Crippen LogP contribution in [0.15, 0.2) is 12.2 Å². The molecule has 1 saturated heterocycles. The van der Waals surface area contributed by atoms with Gasteiger partial charge in [0.1, 0.15) is 0 Å². The molecule has 12 nitrogen and oxygen atoms in total. The van der Waals surface area contributed by atoms with Crippen molar-refractivity contribution in [2.75, 3.05) is 19.4 Å². The highest BCUT2D eigenvalue weighted by Crippen LogP contribution is 2.44. The van der Waals surface area contributed by atoms with Gasteiger partial charge in [-0.1, -0.05) is 70.4 Å². The van der Waals surface area contributed by atoms with Crippen LogP contribution < -0.4 is 10.6 Å². The summed E-state index contributed by atoms with van der Waals surface area (Å²) in [5.41, 5.74) is -1.95. The molecular weight excluding hydrogens is 579 g/mol. The van der Waals surface area contributed by atoms with Crippen molar-refractivity contribution >= 4 is 19.5 Å². The lowest BCUT2D eigenvalue weighted by molar-refractivity contribution is -0.148. The van der Waals surface area contributed by atoms with E-state index in [1.165, 1.54) is 45.4 Å². The summed E-state index contributed by atoms with van der Waals surface area (Å²) < 4.78 is 17.5. The Bertz CT molecular complexity index is 876. The van der Waals surface area contributed by atoms with Crippen LogP contribution in [0.4, 0.5) is 0 Å². The Morgan fingerprint density at radius 1 is 0.953 bits per heavy atom. The van der Waals surface area contributed by atoms with Crippen molar-refractivity contribution in [3.8, 4) is 0 Å². The van der Waals surface area contributed by atoms with Crippen molar-refractivity contribution in [2.45, 2.75) is 146 Å². The van der Waals surface area contributed by atoms with Crippen LogP contribution in [-0.4, -0.2) is 97.6 Å². The number of rotatable bonds is 25. The minimum absolute atomic E-state index is 0.119. The van der Waals surface area contributed by atoms with Crippen LogP contribution in [0.5, 0.6) is 0 Å². The maximum Gasteiger partial charge on any atom is 0.331 e. The fourth-order valence-electron chi connectivity index (χ4n) is 5.11. The minimum Gasteiger partial charge on any atom is -0.479 e. The molecule has 0 saturated carbocycles. The molecule has 0 aromatic heterocycles. The van der Waals surface area contributed by atoms with E-state index >= 15 is 0 Å². The first kappa shape index (κ1) is 39.7. The highest BCUT2D eigenvalue weighted by atomic mass is 31.2. The SMILES string of the molecule is CCCCCCCC/C=C/CCCCCCCC(=O)NC(C)(COP(=O)(O)C[C@H](O)C[C@H]1N[C@H](CO)[C@@H](O)[C@@H]1O)C(=O)O. The van der Waals surface area contributed by atoms with E-state index in [-0.39, 0.29) is 12.8 Å². The second kappa shape index (κ2) is 21.4. The van der Waals surface area contributed by atoms with Gasteiger partial charge >= 0.3 is 13.6 Å². The largest absolute Gasteiger partial charge is 0.479 e. The Kier molecular flexibility index (Phi) is 19.7. The molecule has 0 spiro atoms. The van der Waals surface area contributed by atoms with Crippen LogP contribution in [0.2, 0.25) is 0 Å². The molecule has 1 heterocycles. The Hall–Kier alpha value is -1.37. The van der Waals surface area contributed by atoms with E-state index in [2.05, 4.69) is 29.7 Å². The van der Waals surface area contributed by atoms with E-state index in [1.54, 1.807) is 0 Å². The van der Waals surface area contributed by atoms with Gasteiger partial charge in [0.2, 0.25) is 5.91 Å². The number of carboxylic acids is 1. The third kappa shape index (κ3) is 16.5. The predicted molar refractivity (Wildman–Crippen MR) is 165 cm³/mol. The topological polar surface area (TPSA) is 206 Å². The van der Waals surface area contributed by atoms with Crippen molar-refractivity contribution in [2.24, 2.45) is 0 Å². The number of hydrogen-bond donors (Lipinski definition) is 8. The molecule has 43 heavy (non-hydrogen) atoms. The Labute approximate surface area is 256 Å². The first-order chi connectivity index (χ1) is 20.3. The van der Waals surface area contributed by atoms with Gasteiger partial charge in [-0.2, -0.15) is 0 Å². The van der Waals surface area contributed by atoms with E-state index in [1.807, 2.05) is 0 Å². The predicted octanol–water partition coefficient (Wildman–Crippen LogP) is 2.99. The molecule has 0 aromatic carbocycles. The second-order valence-electron chi connectivity index (χ2n) is 12.0. The number of carbonyl (C=O) groups is 2. The lowest BCUT2D eigenvalue weighted by Gasteiger charge is -2.28. The first-order valence-corrected chi connectivity index (χ1v) is 17.7. The monoisotopic (exact) mass is 636 g/mol. The van der Waals surface area contributed by atoms with Crippen molar-refractivity contribution in [1.82, 2.24) is 10.6 Å². The van der Waals surface area contributed by atoms with E-state index in [0.717, 1.165) is 38.5 Å². The number of aliphatic carboxylic acids is 1. The van der Waals surface area contributed by atoms with E-state index in [9.17, 15) is 44.6 Å². The van der Waals surface area contributed by atoms with E-state index in [0.29, 0.717) is 6.42 Å². The van der Waals surface area contributed by atoms with E-state index < -0.39 is 74.8 Å². The van der Waals surface area contributed by atoms with Crippen LogP contribution in [0.25, 0.3) is 0 Å². The van der Waals surface area contributed by atoms with Gasteiger partial charge < -0.3 is 45.6 Å². The summed E-state index contributed by atoms with van der Waals surface area (Å²) in [5.74, 6) is -1.94. The number of aliphatic hydroxyl groups excluding tert-OH is 4. The fraction of sp³-hybridized carbons (Fsp3) is 0.867. The molecule has 2 unspecified atom stereocenters. The average molecular weight is 637 g/mol. The number of hydrogen-bond acceptors (Lipinski definition) is 9. The molecule has 1 rings (SSSR count). The molecule has 0 bridgehead atoms. The lowest BCUT2D eigenvalue weighted by atomic mass is 10.0. The molecule has 7 atom stereocenters. The number of carboxylic acid groups (broad SMARTS) is 1. The zero-order valence-electron chi connectivity index (χ0n) is 26.0. The summed E-state index contributed by atoms with van der Waals surface area (Å²) >= 11 is 0. The maximum absolute atomic E-state index is 12.5. The number of nitrogens with one attached hydrogen (secondary N) is 2. The van der Waals surface area contributed by atoms with Crippen LogP contribution in [0.1, 0.15) is 110 Å². The fourth-order valence-corrected chi connectivity index (χ4v) is 6.36. The number of carbonyl (C=O) groups excluding carboxylic acids is 1. The summed E-state index contributed by atoms with van der Waals surface area (Å²) in [7, 11) is -4.49. The molecule has 0 radical (unpaired) electrons. The molecule has 1 aliphatic heterocycles. The van der Waals surface area contributed by atoms with Gasteiger partial charge in [-0.3, -0.25) is 9.36 Å². The third-order valence-corrected chi connectivity index (χ3v) is 9.29. The van der Waals surface area contributed by atoms with Crippen LogP contribution in [0.3, 0.4) is 0 Å². The molecule has 1 amide bonds. The average Bonchev–Trinajstić information content (AvgIpc) is 3.21. The summed E-state index contributed by atoms with van der Waals surface area (Å²) in [6, 6.07) is -1.63. The second-order valence-corrected chi connectivity index (χ2v) is 13.9. The smallest absolute Gasteiger partial charge is 0.331 e. The van der Waals surface area contributed by atoms with Gasteiger partial charge in [0.15, 0.2) is 5.54 Å². The van der Waals surface area contributed by atoms with Gasteiger partial charge in [0.25, 0.3) is 0 Å². The standard InChI is InChI=1S/C30H57N2O10P/c1-3-4-5-6-7-8-9-10-11-12-13-14-15-16-17-18-26(35)32-30(2,29(38)39)22-42-43(40,41)21-23(34)19-24-27(36)28(37)25(20-33)31-24/h10-11,23-25,27-28,31,33-34,36-37H,3-9,12-22H2,1-2H3,(H,32,35)(H,38,39)(H,40,41)/b11-10+/t23-,24-,25-,27-,28-,30?/m1/s1. The normalized spacial score (nSPS) is 24.1. The summed E-state index contributed by atoms with van der Waals surface area (Å²) in [6.07, 6.45) is 14.2. The quantitative estimate of drug-likeness (QED) is 0.0415. The summed E-state index contributed by atoms with van der Waals surface area (Å²) in [5, 5.41) is 54.2. The number of allylic oxidation sites excluding steroid dienone is 2. The summed E-state index contributed by atoms with van der Waals surface area (Å²) in [4.78, 5) is 34.5. The lowest BCUT2D eigenvalue weighted by Crippen LogP contribution is -2.55. The Morgan fingerprint density at radius 3 is 2.02 bits per heavy atom. The molecule has 8 N–H and O–H groups in total. The number of aliphatic hydroxyl groups is 4. The van der Waals surface area contributed by atoms with Crippen molar-refractivity contribution in [3.05, 3.63) is 12.2 Å². The highest BCUT2D eigenvalue weighted by Gasteiger charge is 2.42. The third-order valence-electron chi connectivity index (χ3n) is 7.87. The molecular formula is C30H57N2O10P. The molecule has 1 aliphatic rings. The van der Waals surface area contributed by atoms with Crippen LogP contribution in [-0.2, 0) is 18.7 Å². The molecule has 13 heteroatoms. The van der Waals surface area contributed by atoms with Gasteiger partial charge in [-0.15, -0.1) is 0 Å². The van der Waals surface area contributed by atoms with Crippen LogP contribution in [0, 0.1) is 0 Å². The van der Waals surface area contributed by atoms with Gasteiger partial charge in [0, 0.05) is 12.5 Å². The molecule has 1 fully saturated rings. The Balaban J connectivity index is 2.29. The van der Waals surface area contributed by atoms with Crippen molar-refractivity contribution < 1.29 is 49.1 Å². The zero-order chi connectivity index (χ0) is 32.3. The summed E-state index contributed by atoms with van der Waals surface area (Å²) in [6.45, 7) is 2.17. The van der Waals surface area contributed by atoms with Crippen molar-refractivity contribution in [1.29, 1.82) is 0 Å². The van der Waals surface area contributed by atoms with E-state index in [4.69, 9.17) is 4.52 Å². The molecule has 0 aliphatic carbocycles. The number of unbranched alkanes of at least 4 members (excludes halogenated alkanes) is 11. The minimum atomic E-state index is -4.49. The van der Waals surface area contributed by atoms with Gasteiger partial charge in [-0.05, 0) is 45.4 Å². The Morgan fingerprint density at radius 2 is 1.49 bits per heavy atom. The van der Waals surface area contributed by atoms with Crippen molar-refractivity contribution in [3.63, 3.8) is 0 Å². The molecule has 0 aromatic rings. The zero-order valence-corrected chi connectivity index (χ0v) is 26.9. The highest BCUT2D eigenvalue weighted by molar-refractivity contribution is 7.52. The maximum atomic E-state index is 12.5.